The number of nitrogens with one attached hydrogen (secondary N) is 1. The van der Waals surface area contributed by atoms with Crippen LogP contribution in [0.5, 0.6) is 0 Å². The highest BCUT2D eigenvalue weighted by Gasteiger charge is 2.28. The molecular formula is C11H21N5. The van der Waals surface area contributed by atoms with E-state index in [4.69, 9.17) is 0 Å². The van der Waals surface area contributed by atoms with Gasteiger partial charge in [-0.05, 0) is 43.0 Å². The molecule has 1 aliphatic rings. The van der Waals surface area contributed by atoms with Crippen LogP contribution in [0.2, 0.25) is 0 Å². The van der Waals surface area contributed by atoms with E-state index in [9.17, 15) is 0 Å². The van der Waals surface area contributed by atoms with Gasteiger partial charge in [-0.1, -0.05) is 13.8 Å². The van der Waals surface area contributed by atoms with E-state index in [0.29, 0.717) is 6.04 Å². The maximum atomic E-state index is 4.14. The van der Waals surface area contributed by atoms with Crippen molar-refractivity contribution in [2.24, 2.45) is 0 Å². The fraction of sp³-hybridized carbons (Fsp3) is 0.909. The van der Waals surface area contributed by atoms with Crippen LogP contribution in [0.3, 0.4) is 0 Å². The van der Waals surface area contributed by atoms with E-state index < -0.39 is 0 Å². The average molecular weight is 223 g/mol. The minimum atomic E-state index is 0.0457. The van der Waals surface area contributed by atoms with Gasteiger partial charge in [0.2, 0.25) is 0 Å². The monoisotopic (exact) mass is 223 g/mol. The van der Waals surface area contributed by atoms with Gasteiger partial charge in [0, 0.05) is 6.04 Å². The molecule has 0 spiro atoms. The third kappa shape index (κ3) is 2.24. The Kier molecular flexibility index (Phi) is 3.23. The van der Waals surface area contributed by atoms with Crippen LogP contribution in [-0.2, 0) is 12.1 Å². The molecule has 0 amide bonds. The molecule has 16 heavy (non-hydrogen) atoms. The van der Waals surface area contributed by atoms with Gasteiger partial charge in [0.05, 0.1) is 12.1 Å². The Hall–Kier alpha value is -0.970. The molecule has 90 valence electrons. The lowest BCUT2D eigenvalue weighted by Gasteiger charge is -2.27. The van der Waals surface area contributed by atoms with Crippen LogP contribution in [0.15, 0.2) is 0 Å². The first kappa shape index (κ1) is 11.5. The highest BCUT2D eigenvalue weighted by atomic mass is 15.6. The van der Waals surface area contributed by atoms with Gasteiger partial charge in [-0.25, -0.2) is 4.68 Å². The first-order valence-electron chi connectivity index (χ1n) is 6.20. The molecule has 0 atom stereocenters. The van der Waals surface area contributed by atoms with Crippen molar-refractivity contribution < 1.29 is 0 Å². The standard InChI is InChI=1S/C11H21N5/c1-4-11(3,5-2)16-10(13-14-15-16)8-12-9-6-7-9/h9,12H,4-8H2,1-3H3. The number of hydrogen-bond acceptors (Lipinski definition) is 4. The molecule has 5 heteroatoms. The summed E-state index contributed by atoms with van der Waals surface area (Å²) in [6.45, 7) is 7.36. The van der Waals surface area contributed by atoms with Gasteiger partial charge in [0.15, 0.2) is 5.82 Å². The molecule has 0 aromatic carbocycles. The number of hydrogen-bond donors (Lipinski definition) is 1. The van der Waals surface area contributed by atoms with Crippen molar-refractivity contribution in [1.29, 1.82) is 0 Å². The van der Waals surface area contributed by atoms with Crippen molar-refractivity contribution in [2.45, 2.75) is 64.6 Å². The third-order valence-electron chi connectivity index (χ3n) is 3.69. The van der Waals surface area contributed by atoms with Crippen molar-refractivity contribution in [1.82, 2.24) is 25.5 Å². The number of rotatable bonds is 6. The second kappa shape index (κ2) is 4.49. The minimum Gasteiger partial charge on any atom is -0.307 e. The third-order valence-corrected chi connectivity index (χ3v) is 3.69. The zero-order valence-electron chi connectivity index (χ0n) is 10.4. The van der Waals surface area contributed by atoms with Crippen LogP contribution in [0.4, 0.5) is 0 Å². The highest BCUT2D eigenvalue weighted by molar-refractivity contribution is 4.92. The molecular weight excluding hydrogens is 202 g/mol. The molecule has 0 unspecified atom stereocenters. The Morgan fingerprint density at radius 3 is 2.62 bits per heavy atom. The summed E-state index contributed by atoms with van der Waals surface area (Å²) in [5.41, 5.74) is 0.0457. The maximum absolute atomic E-state index is 4.14. The molecule has 2 rings (SSSR count). The van der Waals surface area contributed by atoms with E-state index in [1.807, 2.05) is 4.68 Å². The molecule has 0 aliphatic heterocycles. The molecule has 0 bridgehead atoms. The molecule has 1 aromatic rings. The van der Waals surface area contributed by atoms with Crippen LogP contribution in [-0.4, -0.2) is 26.2 Å². The minimum absolute atomic E-state index is 0.0457. The predicted molar refractivity (Wildman–Crippen MR) is 61.9 cm³/mol. The predicted octanol–water partition coefficient (Wildman–Crippen LogP) is 1.46. The van der Waals surface area contributed by atoms with Gasteiger partial charge in [-0.3, -0.25) is 0 Å². The summed E-state index contributed by atoms with van der Waals surface area (Å²) in [7, 11) is 0. The van der Waals surface area contributed by atoms with E-state index in [0.717, 1.165) is 25.2 Å². The lowest BCUT2D eigenvalue weighted by molar-refractivity contribution is 0.249. The molecule has 5 nitrogen and oxygen atoms in total. The van der Waals surface area contributed by atoms with E-state index in [-0.39, 0.29) is 5.54 Å². The molecule has 1 aliphatic carbocycles. The summed E-state index contributed by atoms with van der Waals surface area (Å²) in [5, 5.41) is 15.5. The highest BCUT2D eigenvalue weighted by Crippen LogP contribution is 2.24. The molecule has 0 radical (unpaired) electrons. The van der Waals surface area contributed by atoms with E-state index in [1.165, 1.54) is 12.8 Å². The van der Waals surface area contributed by atoms with Gasteiger partial charge in [-0.15, -0.1) is 5.10 Å². The molecule has 1 aromatic heterocycles. The maximum Gasteiger partial charge on any atom is 0.165 e. The smallest absolute Gasteiger partial charge is 0.165 e. The first-order valence-corrected chi connectivity index (χ1v) is 6.20. The normalized spacial score (nSPS) is 16.7. The Labute approximate surface area is 96.6 Å². The van der Waals surface area contributed by atoms with Crippen molar-refractivity contribution in [3.63, 3.8) is 0 Å². The zero-order chi connectivity index (χ0) is 11.6. The Balaban J connectivity index is 2.09. The summed E-state index contributed by atoms with van der Waals surface area (Å²) < 4.78 is 1.99. The lowest BCUT2D eigenvalue weighted by Crippen LogP contribution is -2.33. The van der Waals surface area contributed by atoms with Crippen LogP contribution in [0, 0.1) is 0 Å². The molecule has 1 fully saturated rings. The van der Waals surface area contributed by atoms with Crippen molar-refractivity contribution >= 4 is 0 Å². The number of aromatic nitrogens is 4. The fourth-order valence-electron chi connectivity index (χ4n) is 1.81. The van der Waals surface area contributed by atoms with Crippen molar-refractivity contribution in [3.8, 4) is 0 Å². The van der Waals surface area contributed by atoms with Gasteiger partial charge < -0.3 is 5.32 Å². The fourth-order valence-corrected chi connectivity index (χ4v) is 1.81. The Morgan fingerprint density at radius 2 is 2.06 bits per heavy atom. The summed E-state index contributed by atoms with van der Waals surface area (Å²) >= 11 is 0. The number of nitrogens with zero attached hydrogens (tertiary/aromatic N) is 4. The topological polar surface area (TPSA) is 55.6 Å². The van der Waals surface area contributed by atoms with Crippen molar-refractivity contribution in [2.75, 3.05) is 0 Å². The SMILES string of the molecule is CCC(C)(CC)n1nnnc1CNC1CC1. The summed E-state index contributed by atoms with van der Waals surface area (Å²) in [5.74, 6) is 0.957. The largest absolute Gasteiger partial charge is 0.307 e. The first-order chi connectivity index (χ1) is 7.69. The summed E-state index contributed by atoms with van der Waals surface area (Å²) in [6.07, 6.45) is 4.68. The second-order valence-electron chi connectivity index (χ2n) is 4.87. The molecule has 0 saturated heterocycles. The van der Waals surface area contributed by atoms with Crippen molar-refractivity contribution in [3.05, 3.63) is 5.82 Å². The second-order valence-corrected chi connectivity index (χ2v) is 4.87. The van der Waals surface area contributed by atoms with E-state index in [2.05, 4.69) is 41.6 Å². The van der Waals surface area contributed by atoms with Crippen LogP contribution in [0.25, 0.3) is 0 Å². The van der Waals surface area contributed by atoms with Gasteiger partial charge in [-0.2, -0.15) is 0 Å². The Morgan fingerprint density at radius 1 is 1.38 bits per heavy atom. The lowest BCUT2D eigenvalue weighted by atomic mass is 9.96. The average Bonchev–Trinajstić information content (AvgIpc) is 3.02. The van der Waals surface area contributed by atoms with Gasteiger partial charge in [0.25, 0.3) is 0 Å². The summed E-state index contributed by atoms with van der Waals surface area (Å²) in [6, 6.07) is 0.694. The molecule has 1 saturated carbocycles. The molecule has 1 N–H and O–H groups in total. The van der Waals surface area contributed by atoms with Crippen LogP contribution < -0.4 is 5.32 Å². The zero-order valence-corrected chi connectivity index (χ0v) is 10.4. The van der Waals surface area contributed by atoms with Gasteiger partial charge >= 0.3 is 0 Å². The van der Waals surface area contributed by atoms with Gasteiger partial charge in [0.1, 0.15) is 0 Å². The van der Waals surface area contributed by atoms with E-state index >= 15 is 0 Å². The van der Waals surface area contributed by atoms with Crippen LogP contribution in [0.1, 0.15) is 52.3 Å². The van der Waals surface area contributed by atoms with Crippen LogP contribution >= 0.6 is 0 Å². The number of tetrazole rings is 1. The Bertz CT molecular complexity index is 338. The molecule has 1 heterocycles. The quantitative estimate of drug-likeness (QED) is 0.793. The summed E-state index contributed by atoms with van der Waals surface area (Å²) in [4.78, 5) is 0. The van der Waals surface area contributed by atoms with E-state index in [1.54, 1.807) is 0 Å².